The first-order valence-corrected chi connectivity index (χ1v) is 9.38. The molecule has 128 valence electrons. The molecule has 0 bridgehead atoms. The Kier molecular flexibility index (Phi) is 5.26. The van der Waals surface area contributed by atoms with E-state index in [1.54, 1.807) is 11.8 Å². The van der Waals surface area contributed by atoms with Crippen LogP contribution in [0.4, 0.5) is 0 Å². The molecule has 1 aliphatic heterocycles. The highest BCUT2D eigenvalue weighted by Crippen LogP contribution is 2.18. The van der Waals surface area contributed by atoms with Crippen molar-refractivity contribution in [3.8, 4) is 0 Å². The molecule has 6 heteroatoms. The summed E-state index contributed by atoms with van der Waals surface area (Å²) in [6.07, 6.45) is 2.04. The zero-order valence-corrected chi connectivity index (χ0v) is 15.2. The van der Waals surface area contributed by atoms with E-state index in [4.69, 9.17) is 4.52 Å². The average molecular weight is 345 g/mol. The van der Waals surface area contributed by atoms with Gasteiger partial charge in [0.05, 0.1) is 5.69 Å². The van der Waals surface area contributed by atoms with Crippen molar-refractivity contribution in [2.45, 2.75) is 25.3 Å². The number of benzene rings is 1. The van der Waals surface area contributed by atoms with Crippen molar-refractivity contribution in [2.24, 2.45) is 0 Å². The van der Waals surface area contributed by atoms with E-state index in [2.05, 4.69) is 10.1 Å². The minimum atomic E-state index is 0.125. The van der Waals surface area contributed by atoms with Gasteiger partial charge < -0.3 is 9.42 Å². The first-order valence-electron chi connectivity index (χ1n) is 8.16. The Morgan fingerprint density at radius 1 is 1.17 bits per heavy atom. The van der Waals surface area contributed by atoms with Gasteiger partial charge in [0.2, 0.25) is 0 Å². The lowest BCUT2D eigenvalue weighted by atomic mass is 10.1. The maximum absolute atomic E-state index is 12.6. The Morgan fingerprint density at radius 3 is 2.38 bits per heavy atom. The molecule has 0 saturated carbocycles. The highest BCUT2D eigenvalue weighted by Gasteiger charge is 2.23. The lowest BCUT2D eigenvalue weighted by Gasteiger charge is -2.34. The van der Waals surface area contributed by atoms with Crippen molar-refractivity contribution in [1.29, 1.82) is 0 Å². The van der Waals surface area contributed by atoms with E-state index >= 15 is 0 Å². The fourth-order valence-electron chi connectivity index (χ4n) is 2.98. The third kappa shape index (κ3) is 3.65. The molecule has 2 aromatic rings. The lowest BCUT2D eigenvalue weighted by molar-refractivity contribution is 0.0627. The molecule has 0 unspecified atom stereocenters. The van der Waals surface area contributed by atoms with Crippen LogP contribution in [0.15, 0.2) is 33.7 Å². The van der Waals surface area contributed by atoms with Crippen LogP contribution < -0.4 is 0 Å². The van der Waals surface area contributed by atoms with Crippen LogP contribution in [0.2, 0.25) is 0 Å². The summed E-state index contributed by atoms with van der Waals surface area (Å²) in [6, 6.07) is 7.85. The molecule has 2 heterocycles. The van der Waals surface area contributed by atoms with Crippen molar-refractivity contribution < 1.29 is 9.32 Å². The maximum atomic E-state index is 12.6. The van der Waals surface area contributed by atoms with Gasteiger partial charge in [-0.2, -0.15) is 0 Å². The second kappa shape index (κ2) is 7.40. The first kappa shape index (κ1) is 17.0. The van der Waals surface area contributed by atoms with Crippen LogP contribution >= 0.6 is 11.8 Å². The van der Waals surface area contributed by atoms with E-state index in [9.17, 15) is 4.79 Å². The summed E-state index contributed by atoms with van der Waals surface area (Å²) in [5, 5.41) is 4.01. The number of thioether (sulfide) groups is 1. The van der Waals surface area contributed by atoms with Crippen molar-refractivity contribution in [3.63, 3.8) is 0 Å². The molecule has 1 saturated heterocycles. The summed E-state index contributed by atoms with van der Waals surface area (Å²) in [4.78, 5) is 18.1. The zero-order valence-electron chi connectivity index (χ0n) is 14.4. The van der Waals surface area contributed by atoms with Gasteiger partial charge in [-0.15, -0.1) is 11.8 Å². The third-order valence-corrected chi connectivity index (χ3v) is 5.30. The molecule has 1 aliphatic rings. The second-order valence-corrected chi connectivity index (χ2v) is 6.98. The molecule has 1 fully saturated rings. The van der Waals surface area contributed by atoms with E-state index in [-0.39, 0.29) is 5.91 Å². The maximum Gasteiger partial charge on any atom is 0.253 e. The smallest absolute Gasteiger partial charge is 0.253 e. The predicted molar refractivity (Wildman–Crippen MR) is 95.4 cm³/mol. The lowest BCUT2D eigenvalue weighted by Crippen LogP contribution is -2.48. The molecule has 0 atom stereocenters. The standard InChI is InChI=1S/C18H23N3O2S/c1-13-17(14(2)23-19-13)12-20-8-10-21(11-9-20)18(22)15-4-6-16(24-3)7-5-15/h4-7H,8-12H2,1-3H3. The number of amides is 1. The SMILES string of the molecule is CSc1ccc(C(=O)N2CCN(Cc3c(C)noc3C)CC2)cc1. The number of hydrogen-bond acceptors (Lipinski definition) is 5. The normalized spacial score (nSPS) is 15.7. The first-order chi connectivity index (χ1) is 11.6. The predicted octanol–water partition coefficient (Wildman–Crippen LogP) is 2.97. The Bertz CT molecular complexity index is 684. The molecule has 1 aromatic heterocycles. The molecular weight excluding hydrogens is 322 g/mol. The topological polar surface area (TPSA) is 49.6 Å². The van der Waals surface area contributed by atoms with Crippen molar-refractivity contribution in [3.05, 3.63) is 46.8 Å². The molecule has 1 aromatic carbocycles. The van der Waals surface area contributed by atoms with E-state index in [1.807, 2.05) is 49.3 Å². The monoisotopic (exact) mass is 345 g/mol. The number of aryl methyl sites for hydroxylation is 2. The van der Waals surface area contributed by atoms with Crippen molar-refractivity contribution in [1.82, 2.24) is 15.0 Å². The van der Waals surface area contributed by atoms with Gasteiger partial charge in [-0.1, -0.05) is 5.16 Å². The van der Waals surface area contributed by atoms with Crippen molar-refractivity contribution in [2.75, 3.05) is 32.4 Å². The Hall–Kier alpha value is -1.79. The van der Waals surface area contributed by atoms with Crippen LogP contribution in [0.25, 0.3) is 0 Å². The van der Waals surface area contributed by atoms with Gasteiger partial charge >= 0.3 is 0 Å². The Balaban J connectivity index is 1.57. The Morgan fingerprint density at radius 2 is 1.83 bits per heavy atom. The van der Waals surface area contributed by atoms with Crippen LogP contribution in [0.3, 0.4) is 0 Å². The van der Waals surface area contributed by atoms with Gasteiger partial charge in [-0.3, -0.25) is 9.69 Å². The summed E-state index contributed by atoms with van der Waals surface area (Å²) in [5.41, 5.74) is 2.90. The summed E-state index contributed by atoms with van der Waals surface area (Å²) in [6.45, 7) is 8.03. The summed E-state index contributed by atoms with van der Waals surface area (Å²) in [5.74, 6) is 1.01. The van der Waals surface area contributed by atoms with E-state index < -0.39 is 0 Å². The highest BCUT2D eigenvalue weighted by molar-refractivity contribution is 7.98. The molecule has 5 nitrogen and oxygen atoms in total. The second-order valence-electron chi connectivity index (χ2n) is 6.10. The number of carbonyl (C=O) groups excluding carboxylic acids is 1. The number of hydrogen-bond donors (Lipinski definition) is 0. The van der Waals surface area contributed by atoms with E-state index in [0.717, 1.165) is 49.7 Å². The minimum Gasteiger partial charge on any atom is -0.361 e. The summed E-state index contributed by atoms with van der Waals surface area (Å²) >= 11 is 1.68. The molecule has 24 heavy (non-hydrogen) atoms. The summed E-state index contributed by atoms with van der Waals surface area (Å²) in [7, 11) is 0. The number of nitrogens with zero attached hydrogens (tertiary/aromatic N) is 3. The number of rotatable bonds is 4. The van der Waals surface area contributed by atoms with E-state index in [1.165, 1.54) is 10.5 Å². The molecule has 1 amide bonds. The number of carbonyl (C=O) groups is 1. The van der Waals surface area contributed by atoms with Gasteiger partial charge in [-0.25, -0.2) is 0 Å². The van der Waals surface area contributed by atoms with Crippen LogP contribution in [0.1, 0.15) is 27.4 Å². The largest absolute Gasteiger partial charge is 0.361 e. The van der Waals surface area contributed by atoms with Gasteiger partial charge in [-0.05, 0) is 44.4 Å². The molecule has 0 N–H and O–H groups in total. The van der Waals surface area contributed by atoms with Gasteiger partial charge in [0, 0.05) is 48.7 Å². The Labute approximate surface area is 147 Å². The van der Waals surface area contributed by atoms with Gasteiger partial charge in [0.1, 0.15) is 5.76 Å². The fraction of sp³-hybridized carbons (Fsp3) is 0.444. The number of piperazine rings is 1. The van der Waals surface area contributed by atoms with E-state index in [0.29, 0.717) is 0 Å². The molecular formula is C18H23N3O2S. The number of aromatic nitrogens is 1. The zero-order chi connectivity index (χ0) is 17.1. The van der Waals surface area contributed by atoms with Crippen LogP contribution in [-0.4, -0.2) is 53.3 Å². The minimum absolute atomic E-state index is 0.125. The molecule has 0 radical (unpaired) electrons. The molecule has 0 aliphatic carbocycles. The molecule has 3 rings (SSSR count). The highest BCUT2D eigenvalue weighted by atomic mass is 32.2. The van der Waals surface area contributed by atoms with Gasteiger partial charge in [0.15, 0.2) is 0 Å². The van der Waals surface area contributed by atoms with Crippen molar-refractivity contribution >= 4 is 17.7 Å². The molecule has 0 spiro atoms. The van der Waals surface area contributed by atoms with Crippen LogP contribution in [0, 0.1) is 13.8 Å². The van der Waals surface area contributed by atoms with Gasteiger partial charge in [0.25, 0.3) is 5.91 Å². The fourth-order valence-corrected chi connectivity index (χ4v) is 3.38. The third-order valence-electron chi connectivity index (χ3n) is 4.56. The average Bonchev–Trinajstić information content (AvgIpc) is 2.94. The summed E-state index contributed by atoms with van der Waals surface area (Å²) < 4.78 is 5.23. The quantitative estimate of drug-likeness (QED) is 0.798. The van der Waals surface area contributed by atoms with Crippen LogP contribution in [0.5, 0.6) is 0 Å². The van der Waals surface area contributed by atoms with Crippen LogP contribution in [-0.2, 0) is 6.54 Å².